The first kappa shape index (κ1) is 23.4. The van der Waals surface area contributed by atoms with Crippen LogP contribution < -0.4 is 5.32 Å². The number of aromatic nitrogens is 1. The van der Waals surface area contributed by atoms with E-state index < -0.39 is 24.4 Å². The van der Waals surface area contributed by atoms with E-state index in [1.807, 2.05) is 6.07 Å². The molecule has 1 N–H and O–H groups in total. The topological polar surface area (TPSA) is 71.1 Å². The number of fused-ring (bicyclic) bond motifs is 1. The number of alkyl halides is 6. The van der Waals surface area contributed by atoms with Gasteiger partial charge < -0.3 is 14.5 Å². The highest BCUT2D eigenvalue weighted by atomic mass is 19.4. The molecule has 0 bridgehead atoms. The lowest BCUT2D eigenvalue weighted by Gasteiger charge is -2.33. The summed E-state index contributed by atoms with van der Waals surface area (Å²) in [5.74, 6) is 0.337. The summed E-state index contributed by atoms with van der Waals surface area (Å²) < 4.78 is 87.2. The normalized spacial score (nSPS) is 12.7. The van der Waals surface area contributed by atoms with Gasteiger partial charge in [-0.3, -0.25) is 0 Å². The summed E-state index contributed by atoms with van der Waals surface area (Å²) in [5, 5.41) is 11.8. The van der Waals surface area contributed by atoms with Gasteiger partial charge >= 0.3 is 12.4 Å². The molecule has 0 fully saturated rings. The van der Waals surface area contributed by atoms with Crippen molar-refractivity contribution in [3.63, 3.8) is 0 Å². The molecular weight excluding hydrogens is 440 g/mol. The molecule has 0 aliphatic carbocycles. The van der Waals surface area contributed by atoms with Crippen molar-refractivity contribution < 1.29 is 35.5 Å². The quantitative estimate of drug-likeness (QED) is 0.352. The van der Waals surface area contributed by atoms with Crippen LogP contribution >= 0.6 is 0 Å². The zero-order valence-electron chi connectivity index (χ0n) is 16.6. The highest BCUT2D eigenvalue weighted by Gasteiger charge is 2.67. The van der Waals surface area contributed by atoms with Gasteiger partial charge in [0.05, 0.1) is 24.8 Å². The number of benzene rings is 2. The lowest BCUT2D eigenvalue weighted by Crippen LogP contribution is -2.51. The second-order valence-electron chi connectivity index (χ2n) is 7.20. The summed E-state index contributed by atoms with van der Waals surface area (Å²) >= 11 is 0. The monoisotopic (exact) mass is 457 g/mol. The second-order valence-corrected chi connectivity index (χ2v) is 7.20. The third-order valence-corrected chi connectivity index (χ3v) is 4.87. The van der Waals surface area contributed by atoms with Gasteiger partial charge in [-0.05, 0) is 49.4 Å². The van der Waals surface area contributed by atoms with Crippen LogP contribution in [-0.4, -0.2) is 37.1 Å². The number of hydrogen-bond acceptors (Lipinski definition) is 5. The zero-order valence-corrected chi connectivity index (χ0v) is 16.6. The van der Waals surface area contributed by atoms with Crippen molar-refractivity contribution >= 4 is 16.8 Å². The van der Waals surface area contributed by atoms with E-state index in [9.17, 15) is 26.3 Å². The first-order valence-corrected chi connectivity index (χ1v) is 9.31. The highest BCUT2D eigenvalue weighted by molar-refractivity contribution is 5.77. The van der Waals surface area contributed by atoms with E-state index in [0.717, 1.165) is 0 Å². The van der Waals surface area contributed by atoms with Crippen LogP contribution in [0.15, 0.2) is 46.9 Å². The number of halogens is 6. The summed E-state index contributed by atoms with van der Waals surface area (Å²) in [6.07, 6.45) is -11.0. The molecule has 0 radical (unpaired) electrons. The second kappa shape index (κ2) is 8.70. The molecule has 3 rings (SSSR count). The lowest BCUT2D eigenvalue weighted by atomic mass is 9.90. The van der Waals surface area contributed by atoms with Crippen LogP contribution in [0.3, 0.4) is 0 Å². The SMILES string of the molecule is CC(COCCNc1ccc(-c2nc3cc(C#N)ccc3o2)cc1)(C(F)(F)F)C(F)(F)F. The number of nitrogens with zero attached hydrogens (tertiary/aromatic N) is 2. The van der Waals surface area contributed by atoms with Crippen LogP contribution in [0, 0.1) is 16.7 Å². The number of rotatable bonds is 7. The predicted molar refractivity (Wildman–Crippen MR) is 104 cm³/mol. The Morgan fingerprint density at radius 3 is 2.28 bits per heavy atom. The fourth-order valence-corrected chi connectivity index (χ4v) is 2.72. The third kappa shape index (κ3) is 4.80. The molecule has 0 aliphatic heterocycles. The molecule has 3 aromatic rings. The van der Waals surface area contributed by atoms with Gasteiger partial charge in [-0.1, -0.05) is 0 Å². The first-order chi connectivity index (χ1) is 14.9. The van der Waals surface area contributed by atoms with E-state index in [4.69, 9.17) is 9.68 Å². The van der Waals surface area contributed by atoms with Crippen LogP contribution in [0.1, 0.15) is 12.5 Å². The molecular formula is C21H17F6N3O2. The molecule has 0 atom stereocenters. The average molecular weight is 457 g/mol. The fourth-order valence-electron chi connectivity index (χ4n) is 2.72. The van der Waals surface area contributed by atoms with Gasteiger partial charge in [0.2, 0.25) is 5.89 Å². The van der Waals surface area contributed by atoms with E-state index in [0.29, 0.717) is 33.8 Å². The van der Waals surface area contributed by atoms with Crippen molar-refractivity contribution in [2.24, 2.45) is 5.41 Å². The molecule has 5 nitrogen and oxygen atoms in total. The van der Waals surface area contributed by atoms with Gasteiger partial charge in [0.15, 0.2) is 11.0 Å². The van der Waals surface area contributed by atoms with Crippen LogP contribution in [0.5, 0.6) is 0 Å². The van der Waals surface area contributed by atoms with Gasteiger partial charge in [-0.25, -0.2) is 4.98 Å². The number of ether oxygens (including phenoxy) is 1. The fraction of sp³-hybridized carbons (Fsp3) is 0.333. The van der Waals surface area contributed by atoms with Crippen LogP contribution in [-0.2, 0) is 4.74 Å². The maximum absolute atomic E-state index is 12.8. The predicted octanol–water partition coefficient (Wildman–Crippen LogP) is 5.93. The number of hydrogen-bond donors (Lipinski definition) is 1. The van der Waals surface area contributed by atoms with E-state index in [2.05, 4.69) is 15.0 Å². The summed E-state index contributed by atoms with van der Waals surface area (Å²) in [6.45, 7) is -1.79. The summed E-state index contributed by atoms with van der Waals surface area (Å²) in [7, 11) is 0. The summed E-state index contributed by atoms with van der Waals surface area (Å²) in [5.41, 5.74) is -1.21. The molecule has 1 heterocycles. The van der Waals surface area contributed by atoms with Gasteiger partial charge in [0.25, 0.3) is 0 Å². The van der Waals surface area contributed by atoms with Crippen molar-refractivity contribution in [1.29, 1.82) is 5.26 Å². The maximum atomic E-state index is 12.8. The van der Waals surface area contributed by atoms with Crippen molar-refractivity contribution in [3.8, 4) is 17.5 Å². The Balaban J connectivity index is 1.55. The number of nitriles is 1. The van der Waals surface area contributed by atoms with Gasteiger partial charge in [0.1, 0.15) is 5.52 Å². The van der Waals surface area contributed by atoms with E-state index in [1.165, 1.54) is 0 Å². The van der Waals surface area contributed by atoms with Crippen molar-refractivity contribution in [2.75, 3.05) is 25.1 Å². The molecule has 0 aliphatic rings. The van der Waals surface area contributed by atoms with Crippen molar-refractivity contribution in [3.05, 3.63) is 48.0 Å². The Morgan fingerprint density at radius 1 is 1.03 bits per heavy atom. The molecule has 0 amide bonds. The Hall–Kier alpha value is -3.26. The van der Waals surface area contributed by atoms with Gasteiger partial charge in [-0.15, -0.1) is 0 Å². The Morgan fingerprint density at radius 2 is 1.69 bits per heavy atom. The van der Waals surface area contributed by atoms with Gasteiger partial charge in [-0.2, -0.15) is 31.6 Å². The number of anilines is 1. The van der Waals surface area contributed by atoms with Crippen LogP contribution in [0.4, 0.5) is 32.0 Å². The van der Waals surface area contributed by atoms with E-state index in [-0.39, 0.29) is 20.1 Å². The van der Waals surface area contributed by atoms with Crippen molar-refractivity contribution in [1.82, 2.24) is 4.98 Å². The molecule has 0 spiro atoms. The number of nitrogens with one attached hydrogen (secondary N) is 1. The lowest BCUT2D eigenvalue weighted by molar-refractivity contribution is -0.345. The van der Waals surface area contributed by atoms with Gasteiger partial charge in [0, 0.05) is 17.8 Å². The smallest absolute Gasteiger partial charge is 0.405 e. The molecule has 32 heavy (non-hydrogen) atoms. The zero-order chi connectivity index (χ0) is 23.6. The average Bonchev–Trinajstić information content (AvgIpc) is 3.15. The third-order valence-electron chi connectivity index (χ3n) is 4.87. The van der Waals surface area contributed by atoms with E-state index >= 15 is 0 Å². The Kier molecular flexibility index (Phi) is 6.37. The molecule has 0 saturated carbocycles. The summed E-state index contributed by atoms with van der Waals surface area (Å²) in [4.78, 5) is 4.33. The minimum atomic E-state index is -5.48. The van der Waals surface area contributed by atoms with Crippen LogP contribution in [0.25, 0.3) is 22.6 Å². The minimum absolute atomic E-state index is 0.00493. The largest absolute Gasteiger partial charge is 0.436 e. The van der Waals surface area contributed by atoms with Crippen molar-refractivity contribution in [2.45, 2.75) is 19.3 Å². The standard InChI is InChI=1S/C21H17F6N3O2/c1-19(20(22,23)24,21(25,26)27)12-31-9-8-29-15-5-3-14(4-6-15)18-30-16-10-13(11-28)2-7-17(16)32-18/h2-7,10,29H,8-9,12H2,1H3. The van der Waals surface area contributed by atoms with Crippen LogP contribution in [0.2, 0.25) is 0 Å². The molecule has 170 valence electrons. The molecule has 1 aromatic heterocycles. The molecule has 0 saturated heterocycles. The minimum Gasteiger partial charge on any atom is -0.436 e. The molecule has 2 aromatic carbocycles. The molecule has 0 unspecified atom stereocenters. The number of oxazole rings is 1. The molecule has 11 heteroatoms. The maximum Gasteiger partial charge on any atom is 0.405 e. The Bertz CT molecular complexity index is 1100. The first-order valence-electron chi connectivity index (χ1n) is 9.31. The highest BCUT2D eigenvalue weighted by Crippen LogP contribution is 2.50. The summed E-state index contributed by atoms with van der Waals surface area (Å²) in [6, 6.07) is 13.5. The van der Waals surface area contributed by atoms with E-state index in [1.54, 1.807) is 42.5 Å². The Labute approximate surface area is 178 Å².